The summed E-state index contributed by atoms with van der Waals surface area (Å²) in [5.41, 5.74) is 9.72. The zero-order valence-corrected chi connectivity index (χ0v) is 19.8. The van der Waals surface area contributed by atoms with Crippen LogP contribution < -0.4 is 15.5 Å². The van der Waals surface area contributed by atoms with Gasteiger partial charge in [-0.25, -0.2) is 0 Å². The molecule has 0 aromatic heterocycles. The highest BCUT2D eigenvalue weighted by Crippen LogP contribution is 2.30. The second-order valence-electron chi connectivity index (χ2n) is 8.72. The number of hydrogen-bond acceptors (Lipinski definition) is 4. The number of carbonyl (C=O) groups excluding carboxylic acids is 2. The first-order valence-electron chi connectivity index (χ1n) is 11.8. The third-order valence-electron chi connectivity index (χ3n) is 6.25. The highest BCUT2D eigenvalue weighted by Gasteiger charge is 2.25. The Morgan fingerprint density at radius 3 is 2.33 bits per heavy atom. The SMILES string of the molecule is N=C(N)c1ccc(CCC(=O)N2CCCc3cc(C(=O)N(CC(=O)O)c4ccccc4)ccc32)cc1. The van der Waals surface area contributed by atoms with Gasteiger partial charge in [0.15, 0.2) is 0 Å². The molecule has 1 heterocycles. The summed E-state index contributed by atoms with van der Waals surface area (Å²) in [4.78, 5) is 40.8. The van der Waals surface area contributed by atoms with Gasteiger partial charge >= 0.3 is 5.97 Å². The molecule has 0 atom stereocenters. The Kier molecular flexibility index (Phi) is 7.44. The van der Waals surface area contributed by atoms with Gasteiger partial charge in [-0.05, 0) is 60.7 Å². The summed E-state index contributed by atoms with van der Waals surface area (Å²) in [5.74, 6) is -1.49. The largest absolute Gasteiger partial charge is 0.480 e. The molecule has 4 rings (SSSR count). The van der Waals surface area contributed by atoms with Crippen molar-refractivity contribution in [3.8, 4) is 0 Å². The second kappa shape index (κ2) is 10.9. The number of nitrogens with two attached hydrogens (primary N) is 1. The molecule has 3 aromatic carbocycles. The van der Waals surface area contributed by atoms with E-state index in [0.717, 1.165) is 29.7 Å². The van der Waals surface area contributed by atoms with Gasteiger partial charge in [0.2, 0.25) is 5.91 Å². The monoisotopic (exact) mass is 484 g/mol. The van der Waals surface area contributed by atoms with Crippen LogP contribution in [0, 0.1) is 5.41 Å². The lowest BCUT2D eigenvalue weighted by molar-refractivity contribution is -0.135. The van der Waals surface area contributed by atoms with Crippen molar-refractivity contribution >= 4 is 35.0 Å². The van der Waals surface area contributed by atoms with Crippen LogP contribution in [0.25, 0.3) is 0 Å². The summed E-state index contributed by atoms with van der Waals surface area (Å²) in [6, 6.07) is 21.2. The average Bonchev–Trinajstić information content (AvgIpc) is 2.90. The molecule has 184 valence electrons. The van der Waals surface area contributed by atoms with Crippen LogP contribution in [-0.4, -0.2) is 41.8 Å². The molecule has 0 aliphatic carbocycles. The minimum absolute atomic E-state index is 0.00228. The number of carboxylic acid groups (broad SMARTS) is 1. The van der Waals surface area contributed by atoms with Gasteiger partial charge in [-0.2, -0.15) is 0 Å². The van der Waals surface area contributed by atoms with E-state index in [0.29, 0.717) is 36.2 Å². The van der Waals surface area contributed by atoms with Gasteiger partial charge in [0, 0.05) is 35.5 Å². The number of hydrogen-bond donors (Lipinski definition) is 3. The fraction of sp³-hybridized carbons (Fsp3) is 0.214. The van der Waals surface area contributed by atoms with E-state index in [1.165, 1.54) is 4.90 Å². The van der Waals surface area contributed by atoms with Crippen molar-refractivity contribution in [3.63, 3.8) is 0 Å². The molecule has 8 nitrogen and oxygen atoms in total. The lowest BCUT2D eigenvalue weighted by atomic mass is 9.97. The van der Waals surface area contributed by atoms with Crippen LogP contribution in [0.1, 0.15) is 39.9 Å². The quantitative estimate of drug-likeness (QED) is 0.332. The number of carboxylic acids is 1. The number of rotatable bonds is 8. The molecule has 1 aliphatic heterocycles. The zero-order valence-electron chi connectivity index (χ0n) is 19.8. The topological polar surface area (TPSA) is 128 Å². The molecule has 0 radical (unpaired) electrons. The van der Waals surface area contributed by atoms with Gasteiger partial charge in [0.05, 0.1) is 0 Å². The Morgan fingerprint density at radius 2 is 1.67 bits per heavy atom. The van der Waals surface area contributed by atoms with Gasteiger partial charge in [-0.1, -0.05) is 42.5 Å². The summed E-state index contributed by atoms with van der Waals surface area (Å²) in [5, 5.41) is 16.8. The van der Waals surface area contributed by atoms with Crippen LogP contribution in [-0.2, 0) is 22.4 Å². The molecule has 36 heavy (non-hydrogen) atoms. The Labute approximate surface area is 209 Å². The maximum absolute atomic E-state index is 13.3. The lowest BCUT2D eigenvalue weighted by Crippen LogP contribution is -2.37. The van der Waals surface area contributed by atoms with E-state index in [-0.39, 0.29) is 11.7 Å². The molecule has 2 amide bonds. The highest BCUT2D eigenvalue weighted by molar-refractivity contribution is 6.08. The van der Waals surface area contributed by atoms with Gasteiger partial charge < -0.3 is 15.7 Å². The second-order valence-corrected chi connectivity index (χ2v) is 8.72. The predicted molar refractivity (Wildman–Crippen MR) is 139 cm³/mol. The Bertz CT molecular complexity index is 1290. The number of aryl methyl sites for hydroxylation is 2. The number of amides is 2. The number of nitrogens with zero attached hydrogens (tertiary/aromatic N) is 2. The van der Waals surface area contributed by atoms with Crippen molar-refractivity contribution in [2.24, 2.45) is 5.73 Å². The Balaban J connectivity index is 1.50. The fourth-order valence-corrected chi connectivity index (χ4v) is 4.41. The molecule has 0 saturated heterocycles. The van der Waals surface area contributed by atoms with Crippen LogP contribution in [0.15, 0.2) is 72.8 Å². The summed E-state index contributed by atoms with van der Waals surface area (Å²) in [7, 11) is 0. The molecule has 0 spiro atoms. The zero-order chi connectivity index (χ0) is 25.7. The van der Waals surface area contributed by atoms with E-state index < -0.39 is 18.4 Å². The van der Waals surface area contributed by atoms with Crippen molar-refractivity contribution in [2.75, 3.05) is 22.9 Å². The van der Waals surface area contributed by atoms with E-state index >= 15 is 0 Å². The highest BCUT2D eigenvalue weighted by atomic mass is 16.4. The summed E-state index contributed by atoms with van der Waals surface area (Å²) < 4.78 is 0. The van der Waals surface area contributed by atoms with Crippen LogP contribution >= 0.6 is 0 Å². The first kappa shape index (κ1) is 24.7. The van der Waals surface area contributed by atoms with E-state index in [9.17, 15) is 19.5 Å². The minimum Gasteiger partial charge on any atom is -0.480 e. The molecular weight excluding hydrogens is 456 g/mol. The van der Waals surface area contributed by atoms with Gasteiger partial charge in [0.25, 0.3) is 5.91 Å². The minimum atomic E-state index is -1.10. The predicted octanol–water partition coefficient (Wildman–Crippen LogP) is 3.61. The summed E-state index contributed by atoms with van der Waals surface area (Å²) >= 11 is 0. The van der Waals surface area contributed by atoms with Crippen molar-refractivity contribution in [1.82, 2.24) is 0 Å². The van der Waals surface area contributed by atoms with Crippen LogP contribution in [0.3, 0.4) is 0 Å². The standard InChI is InChI=1S/C28H28N4O4/c29-27(30)20-11-8-19(9-12-20)10-15-25(33)31-16-4-5-21-17-22(13-14-24(21)31)28(36)32(18-26(34)35)23-6-2-1-3-7-23/h1-3,6-9,11-14,17H,4-5,10,15-16,18H2,(H3,29,30)(H,34,35). The third-order valence-corrected chi connectivity index (χ3v) is 6.25. The lowest BCUT2D eigenvalue weighted by Gasteiger charge is -2.30. The van der Waals surface area contributed by atoms with Gasteiger partial charge in [-0.15, -0.1) is 0 Å². The Morgan fingerprint density at radius 1 is 0.972 bits per heavy atom. The van der Waals surface area contributed by atoms with Gasteiger partial charge in [0.1, 0.15) is 12.4 Å². The molecule has 0 bridgehead atoms. The van der Waals surface area contributed by atoms with E-state index in [1.54, 1.807) is 65.6 Å². The smallest absolute Gasteiger partial charge is 0.323 e. The van der Waals surface area contributed by atoms with Crippen molar-refractivity contribution < 1.29 is 19.5 Å². The molecule has 3 aromatic rings. The van der Waals surface area contributed by atoms with E-state index in [2.05, 4.69) is 0 Å². The number of nitrogen functional groups attached to an aromatic ring is 1. The fourth-order valence-electron chi connectivity index (χ4n) is 4.41. The third kappa shape index (κ3) is 5.60. The van der Waals surface area contributed by atoms with Crippen LogP contribution in [0.4, 0.5) is 11.4 Å². The first-order valence-corrected chi connectivity index (χ1v) is 11.8. The number of carbonyl (C=O) groups is 3. The summed E-state index contributed by atoms with van der Waals surface area (Å²) in [6.45, 7) is 0.162. The molecule has 0 fully saturated rings. The van der Waals surface area contributed by atoms with E-state index in [1.807, 2.05) is 12.1 Å². The first-order chi connectivity index (χ1) is 17.3. The molecule has 1 aliphatic rings. The number of anilines is 2. The van der Waals surface area contributed by atoms with Crippen molar-refractivity contribution in [2.45, 2.75) is 25.7 Å². The van der Waals surface area contributed by atoms with Crippen LogP contribution in [0.2, 0.25) is 0 Å². The summed E-state index contributed by atoms with van der Waals surface area (Å²) in [6.07, 6.45) is 2.42. The van der Waals surface area contributed by atoms with Crippen molar-refractivity contribution in [1.29, 1.82) is 5.41 Å². The molecule has 4 N–H and O–H groups in total. The number of aliphatic carboxylic acids is 1. The molecule has 0 saturated carbocycles. The average molecular weight is 485 g/mol. The van der Waals surface area contributed by atoms with E-state index in [4.69, 9.17) is 11.1 Å². The molecule has 0 unspecified atom stereocenters. The maximum atomic E-state index is 13.3. The number of benzene rings is 3. The number of fused-ring (bicyclic) bond motifs is 1. The number of nitrogens with one attached hydrogen (secondary N) is 1. The normalized spacial score (nSPS) is 12.5. The maximum Gasteiger partial charge on any atom is 0.323 e. The van der Waals surface area contributed by atoms with Crippen LogP contribution in [0.5, 0.6) is 0 Å². The Hall–Kier alpha value is -4.46. The molecule has 8 heteroatoms. The van der Waals surface area contributed by atoms with Crippen molar-refractivity contribution in [3.05, 3.63) is 95.1 Å². The molecular formula is C28H28N4O4. The number of amidine groups is 1. The van der Waals surface area contributed by atoms with Gasteiger partial charge in [-0.3, -0.25) is 24.7 Å². The number of para-hydroxylation sites is 1.